The summed E-state index contributed by atoms with van der Waals surface area (Å²) < 4.78 is 0. The molecule has 2 N–H and O–H groups in total. The summed E-state index contributed by atoms with van der Waals surface area (Å²) in [6.45, 7) is 6.25. The fourth-order valence-corrected chi connectivity index (χ4v) is 1.33. The zero-order valence-electron chi connectivity index (χ0n) is 8.21. The van der Waals surface area contributed by atoms with Crippen LogP contribution in [-0.4, -0.2) is 4.98 Å². The predicted octanol–water partition coefficient (Wildman–Crippen LogP) is 2.78. The van der Waals surface area contributed by atoms with Gasteiger partial charge in [-0.3, -0.25) is 0 Å². The van der Waals surface area contributed by atoms with Gasteiger partial charge in [-0.2, -0.15) is 0 Å². The van der Waals surface area contributed by atoms with E-state index in [1.807, 2.05) is 12.1 Å². The SMILES string of the molecule is CC(C)(C)[C@@H](N)c1cccnc1Cl. The van der Waals surface area contributed by atoms with Crippen LogP contribution in [0.2, 0.25) is 5.15 Å². The van der Waals surface area contributed by atoms with Gasteiger partial charge in [-0.05, 0) is 11.5 Å². The van der Waals surface area contributed by atoms with E-state index < -0.39 is 0 Å². The molecule has 1 heterocycles. The van der Waals surface area contributed by atoms with E-state index in [0.29, 0.717) is 5.15 Å². The molecule has 2 nitrogen and oxygen atoms in total. The van der Waals surface area contributed by atoms with Crippen LogP contribution in [0.4, 0.5) is 0 Å². The fraction of sp³-hybridized carbons (Fsp3) is 0.500. The molecule has 1 atom stereocenters. The highest BCUT2D eigenvalue weighted by Gasteiger charge is 2.24. The summed E-state index contributed by atoms with van der Waals surface area (Å²) >= 11 is 5.93. The second-order valence-corrected chi connectivity index (χ2v) is 4.59. The van der Waals surface area contributed by atoms with Gasteiger partial charge in [0.2, 0.25) is 0 Å². The molecule has 72 valence electrons. The lowest BCUT2D eigenvalue weighted by Crippen LogP contribution is -2.26. The number of rotatable bonds is 1. The van der Waals surface area contributed by atoms with Crippen molar-refractivity contribution in [3.8, 4) is 0 Å². The molecule has 1 aromatic rings. The fourth-order valence-electron chi connectivity index (χ4n) is 1.10. The maximum absolute atomic E-state index is 6.05. The Kier molecular flexibility index (Phi) is 2.94. The van der Waals surface area contributed by atoms with Crippen LogP contribution in [0.25, 0.3) is 0 Å². The van der Waals surface area contributed by atoms with Gasteiger partial charge in [0.05, 0.1) is 0 Å². The van der Waals surface area contributed by atoms with Crippen molar-refractivity contribution in [2.45, 2.75) is 26.8 Å². The van der Waals surface area contributed by atoms with Crippen molar-refractivity contribution in [2.75, 3.05) is 0 Å². The Hall–Kier alpha value is -0.600. The highest BCUT2D eigenvalue weighted by Crippen LogP contribution is 2.32. The standard InChI is InChI=1S/C10H15ClN2/c1-10(2,3)8(12)7-5-4-6-13-9(7)11/h4-6,8H,12H2,1-3H3/t8-/m0/s1. The summed E-state index contributed by atoms with van der Waals surface area (Å²) in [5, 5.41) is 0.505. The van der Waals surface area contributed by atoms with Crippen molar-refractivity contribution in [2.24, 2.45) is 11.1 Å². The zero-order valence-corrected chi connectivity index (χ0v) is 8.97. The first-order valence-corrected chi connectivity index (χ1v) is 4.66. The Morgan fingerprint density at radius 2 is 2.08 bits per heavy atom. The maximum Gasteiger partial charge on any atom is 0.133 e. The summed E-state index contributed by atoms with van der Waals surface area (Å²) in [6, 6.07) is 3.70. The van der Waals surface area contributed by atoms with E-state index >= 15 is 0 Å². The van der Waals surface area contributed by atoms with Crippen LogP contribution in [0.5, 0.6) is 0 Å². The molecule has 0 radical (unpaired) electrons. The summed E-state index contributed by atoms with van der Waals surface area (Å²) in [7, 11) is 0. The molecule has 0 saturated carbocycles. The summed E-state index contributed by atoms with van der Waals surface area (Å²) in [4.78, 5) is 4.00. The summed E-state index contributed by atoms with van der Waals surface area (Å²) in [5.74, 6) is 0. The van der Waals surface area contributed by atoms with Crippen LogP contribution >= 0.6 is 11.6 Å². The molecular weight excluding hydrogens is 184 g/mol. The minimum atomic E-state index is -0.0753. The van der Waals surface area contributed by atoms with E-state index in [9.17, 15) is 0 Å². The van der Waals surface area contributed by atoms with Crippen molar-refractivity contribution in [3.63, 3.8) is 0 Å². The highest BCUT2D eigenvalue weighted by molar-refractivity contribution is 6.30. The van der Waals surface area contributed by atoms with Crippen molar-refractivity contribution in [1.82, 2.24) is 4.98 Å². The van der Waals surface area contributed by atoms with Gasteiger partial charge >= 0.3 is 0 Å². The van der Waals surface area contributed by atoms with Crippen LogP contribution in [0, 0.1) is 5.41 Å². The summed E-state index contributed by atoms with van der Waals surface area (Å²) in [6.07, 6.45) is 1.67. The molecule has 0 aliphatic rings. The first-order valence-electron chi connectivity index (χ1n) is 4.29. The Balaban J connectivity index is 3.02. The third-order valence-electron chi connectivity index (χ3n) is 2.06. The van der Waals surface area contributed by atoms with Gasteiger partial charge in [0.25, 0.3) is 0 Å². The van der Waals surface area contributed by atoms with Crippen molar-refractivity contribution < 1.29 is 0 Å². The third-order valence-corrected chi connectivity index (χ3v) is 2.37. The minimum Gasteiger partial charge on any atom is -0.323 e. The molecule has 1 rings (SSSR count). The second-order valence-electron chi connectivity index (χ2n) is 4.23. The molecule has 0 saturated heterocycles. The molecule has 0 unspecified atom stereocenters. The predicted molar refractivity (Wildman–Crippen MR) is 55.6 cm³/mol. The quantitative estimate of drug-likeness (QED) is 0.705. The minimum absolute atomic E-state index is 0.00662. The molecule has 0 spiro atoms. The van der Waals surface area contributed by atoms with Crippen molar-refractivity contribution in [3.05, 3.63) is 29.0 Å². The molecule has 3 heteroatoms. The van der Waals surface area contributed by atoms with Gasteiger partial charge in [0, 0.05) is 17.8 Å². The molecule has 0 bridgehead atoms. The molecule has 0 aliphatic carbocycles. The number of hydrogen-bond donors (Lipinski definition) is 1. The second kappa shape index (κ2) is 3.64. The third kappa shape index (κ3) is 2.42. The number of halogens is 1. The highest BCUT2D eigenvalue weighted by atomic mass is 35.5. The molecule has 0 fully saturated rings. The lowest BCUT2D eigenvalue weighted by molar-refractivity contribution is 0.326. The monoisotopic (exact) mass is 198 g/mol. The van der Waals surface area contributed by atoms with E-state index in [-0.39, 0.29) is 11.5 Å². The normalized spacial score (nSPS) is 14.2. The van der Waals surface area contributed by atoms with Crippen LogP contribution in [-0.2, 0) is 0 Å². The largest absolute Gasteiger partial charge is 0.323 e. The Morgan fingerprint density at radius 1 is 1.46 bits per heavy atom. The molecule has 1 aromatic heterocycles. The van der Waals surface area contributed by atoms with E-state index in [1.165, 1.54) is 0 Å². The number of nitrogens with two attached hydrogens (primary N) is 1. The zero-order chi connectivity index (χ0) is 10.1. The van der Waals surface area contributed by atoms with E-state index in [0.717, 1.165) is 5.56 Å². The molecule has 0 amide bonds. The first kappa shape index (κ1) is 10.5. The Bertz CT molecular complexity index is 291. The Morgan fingerprint density at radius 3 is 2.54 bits per heavy atom. The van der Waals surface area contributed by atoms with Gasteiger partial charge in [-0.15, -0.1) is 0 Å². The summed E-state index contributed by atoms with van der Waals surface area (Å²) in [5.41, 5.74) is 6.97. The molecular formula is C10H15ClN2. The molecule has 13 heavy (non-hydrogen) atoms. The lowest BCUT2D eigenvalue weighted by Gasteiger charge is -2.27. The topological polar surface area (TPSA) is 38.9 Å². The van der Waals surface area contributed by atoms with Gasteiger partial charge in [-0.1, -0.05) is 38.4 Å². The van der Waals surface area contributed by atoms with Gasteiger partial charge in [0.15, 0.2) is 0 Å². The smallest absolute Gasteiger partial charge is 0.133 e. The first-order chi connectivity index (χ1) is 5.93. The maximum atomic E-state index is 6.05. The van der Waals surface area contributed by atoms with Crippen LogP contribution in [0.15, 0.2) is 18.3 Å². The van der Waals surface area contributed by atoms with Crippen LogP contribution in [0.3, 0.4) is 0 Å². The molecule has 0 aliphatic heterocycles. The van der Waals surface area contributed by atoms with Gasteiger partial charge in [-0.25, -0.2) is 4.98 Å². The number of aromatic nitrogens is 1. The van der Waals surface area contributed by atoms with Crippen LogP contribution in [0.1, 0.15) is 32.4 Å². The van der Waals surface area contributed by atoms with Crippen molar-refractivity contribution >= 4 is 11.6 Å². The van der Waals surface area contributed by atoms with Crippen LogP contribution < -0.4 is 5.73 Å². The average Bonchev–Trinajstić information content (AvgIpc) is 2.02. The van der Waals surface area contributed by atoms with E-state index in [2.05, 4.69) is 25.8 Å². The Labute approximate surface area is 84.1 Å². The average molecular weight is 199 g/mol. The molecule has 0 aromatic carbocycles. The van der Waals surface area contributed by atoms with Gasteiger partial charge in [0.1, 0.15) is 5.15 Å². The van der Waals surface area contributed by atoms with E-state index in [1.54, 1.807) is 6.20 Å². The van der Waals surface area contributed by atoms with E-state index in [4.69, 9.17) is 17.3 Å². The van der Waals surface area contributed by atoms with Crippen molar-refractivity contribution in [1.29, 1.82) is 0 Å². The number of pyridine rings is 1. The van der Waals surface area contributed by atoms with Gasteiger partial charge < -0.3 is 5.73 Å². The number of nitrogens with zero attached hydrogens (tertiary/aromatic N) is 1. The number of hydrogen-bond acceptors (Lipinski definition) is 2. The lowest BCUT2D eigenvalue weighted by atomic mass is 9.84.